The van der Waals surface area contributed by atoms with Crippen molar-refractivity contribution >= 4 is 21.6 Å². The van der Waals surface area contributed by atoms with Crippen LogP contribution in [0.15, 0.2) is 5.10 Å². The van der Waals surface area contributed by atoms with E-state index < -0.39 is 9.84 Å². The Kier molecular flexibility index (Phi) is 3.43. The van der Waals surface area contributed by atoms with Crippen molar-refractivity contribution in [3.05, 3.63) is 0 Å². The summed E-state index contributed by atoms with van der Waals surface area (Å²) in [7, 11) is -2.97. The van der Waals surface area contributed by atoms with Crippen molar-refractivity contribution in [2.24, 2.45) is 28.8 Å². The molecule has 2 bridgehead atoms. The van der Waals surface area contributed by atoms with Crippen LogP contribution < -0.4 is 10.7 Å². The molecule has 0 aromatic carbocycles. The number of fused-ring (bicyclic) bond motifs is 5. The zero-order valence-corrected chi connectivity index (χ0v) is 13.4. The fourth-order valence-corrected chi connectivity index (χ4v) is 6.87. The second-order valence-electron chi connectivity index (χ2n) is 7.35. The molecule has 0 aromatic heterocycles. The van der Waals surface area contributed by atoms with Crippen molar-refractivity contribution in [2.75, 3.05) is 11.5 Å². The lowest BCUT2D eigenvalue weighted by atomic mass is 9.81. The van der Waals surface area contributed by atoms with Crippen LogP contribution >= 0.6 is 0 Å². The number of amides is 2. The lowest BCUT2D eigenvalue weighted by Crippen LogP contribution is -2.41. The van der Waals surface area contributed by atoms with E-state index in [0.717, 1.165) is 29.9 Å². The predicted octanol–water partition coefficient (Wildman–Crippen LogP) is 1.28. The van der Waals surface area contributed by atoms with Crippen LogP contribution in [0.1, 0.15) is 38.5 Å². The first kappa shape index (κ1) is 14.5. The summed E-state index contributed by atoms with van der Waals surface area (Å²) in [6.45, 7) is 0. The normalized spacial score (nSPS) is 43.5. The number of carbonyl (C=O) groups excluding carboxylic acids is 1. The Balaban J connectivity index is 1.32. The van der Waals surface area contributed by atoms with E-state index >= 15 is 0 Å². The topological polar surface area (TPSA) is 87.6 Å². The molecule has 5 unspecified atom stereocenters. The Morgan fingerprint density at radius 2 is 2.00 bits per heavy atom. The molecular formula is C15H23N3O3S. The predicted molar refractivity (Wildman–Crippen MR) is 83.2 cm³/mol. The Hall–Kier alpha value is -1.11. The van der Waals surface area contributed by atoms with Gasteiger partial charge < -0.3 is 5.32 Å². The fourth-order valence-electron chi connectivity index (χ4n) is 5.19. The maximum atomic E-state index is 11.9. The Labute approximate surface area is 131 Å². The van der Waals surface area contributed by atoms with Gasteiger partial charge in [-0.05, 0) is 49.9 Å². The van der Waals surface area contributed by atoms with E-state index in [1.807, 2.05) is 0 Å². The number of sulfone groups is 1. The van der Waals surface area contributed by atoms with E-state index in [1.165, 1.54) is 25.7 Å². The van der Waals surface area contributed by atoms with Gasteiger partial charge in [-0.25, -0.2) is 18.6 Å². The summed E-state index contributed by atoms with van der Waals surface area (Å²) in [6, 6.07) is -0.648. The molecular weight excluding hydrogens is 302 g/mol. The van der Waals surface area contributed by atoms with Gasteiger partial charge in [0.05, 0.1) is 11.5 Å². The molecule has 3 saturated carbocycles. The lowest BCUT2D eigenvalue weighted by molar-refractivity contribution is 0.238. The largest absolute Gasteiger partial charge is 0.335 e. The van der Waals surface area contributed by atoms with Gasteiger partial charge in [-0.1, -0.05) is 6.42 Å². The number of carbonyl (C=O) groups is 1. The second kappa shape index (κ2) is 5.22. The molecule has 4 rings (SSSR count). The monoisotopic (exact) mass is 325 g/mol. The summed E-state index contributed by atoms with van der Waals surface area (Å²) in [5, 5.41) is 7.06. The van der Waals surface area contributed by atoms with Crippen molar-refractivity contribution in [3.63, 3.8) is 0 Å². The molecule has 2 N–H and O–H groups in total. The Morgan fingerprint density at radius 3 is 2.77 bits per heavy atom. The number of rotatable bonds is 2. The average molecular weight is 325 g/mol. The van der Waals surface area contributed by atoms with Crippen LogP contribution in [0.2, 0.25) is 0 Å². The van der Waals surface area contributed by atoms with E-state index in [-0.39, 0.29) is 23.6 Å². The number of hydrogen-bond acceptors (Lipinski definition) is 4. The highest BCUT2D eigenvalue weighted by atomic mass is 32.2. The molecule has 4 aliphatic rings. The minimum Gasteiger partial charge on any atom is -0.333 e. The van der Waals surface area contributed by atoms with Crippen LogP contribution in [-0.2, 0) is 9.84 Å². The highest BCUT2D eigenvalue weighted by molar-refractivity contribution is 7.91. The third kappa shape index (κ3) is 2.53. The first-order valence-electron chi connectivity index (χ1n) is 8.35. The Morgan fingerprint density at radius 1 is 1.18 bits per heavy atom. The molecule has 2 amide bonds. The van der Waals surface area contributed by atoms with Gasteiger partial charge in [-0.3, -0.25) is 0 Å². The summed E-state index contributed by atoms with van der Waals surface area (Å²) in [4.78, 5) is 11.9. The van der Waals surface area contributed by atoms with Gasteiger partial charge in [-0.15, -0.1) is 0 Å². The Bertz CT molecular complexity index is 616. The minimum absolute atomic E-state index is 0.0471. The molecule has 122 valence electrons. The quantitative estimate of drug-likeness (QED) is 0.750. The summed E-state index contributed by atoms with van der Waals surface area (Å²) in [5.74, 6) is 3.26. The first-order chi connectivity index (χ1) is 10.5. The SMILES string of the molecule is O=C(NN=C1CC2CC1C1CCCC21)NC1CCS(=O)(=O)C1. The van der Waals surface area contributed by atoms with Gasteiger partial charge in [0.25, 0.3) is 0 Å². The zero-order valence-electron chi connectivity index (χ0n) is 12.6. The van der Waals surface area contributed by atoms with Gasteiger partial charge >= 0.3 is 6.03 Å². The van der Waals surface area contributed by atoms with Gasteiger partial charge in [0.2, 0.25) is 0 Å². The molecule has 0 spiro atoms. The zero-order chi connectivity index (χ0) is 15.3. The highest BCUT2D eigenvalue weighted by Gasteiger charge is 2.52. The molecule has 4 fully saturated rings. The first-order valence-corrected chi connectivity index (χ1v) is 10.2. The van der Waals surface area contributed by atoms with E-state index in [0.29, 0.717) is 12.3 Å². The molecule has 1 heterocycles. The van der Waals surface area contributed by atoms with Crippen LogP contribution in [-0.4, -0.2) is 37.7 Å². The van der Waals surface area contributed by atoms with Crippen LogP contribution in [0.4, 0.5) is 4.79 Å². The van der Waals surface area contributed by atoms with Gasteiger partial charge in [0.15, 0.2) is 9.84 Å². The van der Waals surface area contributed by atoms with Crippen molar-refractivity contribution in [2.45, 2.75) is 44.6 Å². The summed E-state index contributed by atoms with van der Waals surface area (Å²) in [5.41, 5.74) is 3.74. The molecule has 0 radical (unpaired) electrons. The molecule has 6 nitrogen and oxygen atoms in total. The van der Waals surface area contributed by atoms with E-state index in [9.17, 15) is 13.2 Å². The summed E-state index contributed by atoms with van der Waals surface area (Å²) in [6.07, 6.45) is 6.82. The molecule has 0 aromatic rings. The number of nitrogens with one attached hydrogen (secondary N) is 2. The molecule has 1 aliphatic heterocycles. The smallest absolute Gasteiger partial charge is 0.333 e. The second-order valence-corrected chi connectivity index (χ2v) is 9.58. The summed E-state index contributed by atoms with van der Waals surface area (Å²) >= 11 is 0. The van der Waals surface area contributed by atoms with Crippen molar-refractivity contribution in [1.29, 1.82) is 0 Å². The molecule has 7 heteroatoms. The standard InChI is InChI=1S/C15H23N3O3S/c19-15(16-10-4-5-22(20,21)8-10)18-17-14-7-9-6-13(14)12-3-1-2-11(9)12/h9-13H,1-8H2,(H2,16,18,19). The van der Waals surface area contributed by atoms with Gasteiger partial charge in [0.1, 0.15) is 0 Å². The highest BCUT2D eigenvalue weighted by Crippen LogP contribution is 2.57. The van der Waals surface area contributed by atoms with Crippen LogP contribution in [0.25, 0.3) is 0 Å². The minimum atomic E-state index is -2.97. The molecule has 1 saturated heterocycles. The van der Waals surface area contributed by atoms with E-state index in [2.05, 4.69) is 15.8 Å². The molecule has 3 aliphatic carbocycles. The van der Waals surface area contributed by atoms with E-state index in [4.69, 9.17) is 0 Å². The lowest BCUT2D eigenvalue weighted by Gasteiger charge is -2.25. The third-order valence-corrected chi connectivity index (χ3v) is 7.84. The van der Waals surface area contributed by atoms with Crippen molar-refractivity contribution in [1.82, 2.24) is 10.7 Å². The van der Waals surface area contributed by atoms with Crippen LogP contribution in [0.3, 0.4) is 0 Å². The van der Waals surface area contributed by atoms with Crippen molar-refractivity contribution < 1.29 is 13.2 Å². The molecule has 5 atom stereocenters. The van der Waals surface area contributed by atoms with Crippen LogP contribution in [0.5, 0.6) is 0 Å². The van der Waals surface area contributed by atoms with Crippen molar-refractivity contribution in [3.8, 4) is 0 Å². The van der Waals surface area contributed by atoms with Crippen LogP contribution in [0, 0.1) is 23.7 Å². The number of urea groups is 1. The van der Waals surface area contributed by atoms with Gasteiger partial charge in [-0.2, -0.15) is 5.10 Å². The number of hydrazone groups is 1. The van der Waals surface area contributed by atoms with Gasteiger partial charge in [0, 0.05) is 17.7 Å². The summed E-state index contributed by atoms with van der Waals surface area (Å²) < 4.78 is 22.8. The fraction of sp³-hybridized carbons (Fsp3) is 0.867. The maximum absolute atomic E-state index is 11.9. The molecule has 22 heavy (non-hydrogen) atoms. The average Bonchev–Trinajstić information content (AvgIpc) is 3.17. The number of nitrogens with zero attached hydrogens (tertiary/aromatic N) is 1. The number of hydrogen-bond donors (Lipinski definition) is 2. The third-order valence-electron chi connectivity index (χ3n) is 6.07. The maximum Gasteiger partial charge on any atom is 0.335 e. The van der Waals surface area contributed by atoms with E-state index in [1.54, 1.807) is 0 Å².